The normalized spacial score (nSPS) is 13.9. The van der Waals surface area contributed by atoms with Crippen LogP contribution in [-0.4, -0.2) is 34.6 Å². The molecule has 0 radical (unpaired) electrons. The minimum atomic E-state index is -1.75. The Bertz CT molecular complexity index is 164. The van der Waals surface area contributed by atoms with Crippen LogP contribution in [0.1, 0.15) is 20.8 Å². The molecular weight excluding hydrogens is 188 g/mol. The van der Waals surface area contributed by atoms with Crippen molar-refractivity contribution < 1.29 is 18.4 Å². The van der Waals surface area contributed by atoms with Gasteiger partial charge in [-0.3, -0.25) is 4.79 Å². The van der Waals surface area contributed by atoms with Crippen LogP contribution in [0.25, 0.3) is 0 Å². The Morgan fingerprint density at radius 3 is 2.31 bits per heavy atom. The summed E-state index contributed by atoms with van der Waals surface area (Å²) in [6, 6.07) is 0. The van der Waals surface area contributed by atoms with E-state index in [9.17, 15) is 4.79 Å². The summed E-state index contributed by atoms with van der Waals surface area (Å²) in [5.74, 6) is -0.351. The number of hydrogen-bond acceptors (Lipinski definition) is 4. The van der Waals surface area contributed by atoms with Gasteiger partial charge in [-0.2, -0.15) is 0 Å². The van der Waals surface area contributed by atoms with Crippen LogP contribution in [0.2, 0.25) is 6.55 Å². The second kappa shape index (κ2) is 5.36. The van der Waals surface area contributed by atoms with Crippen molar-refractivity contribution in [2.45, 2.75) is 32.9 Å². The van der Waals surface area contributed by atoms with E-state index in [1.54, 1.807) is 6.55 Å². The summed E-state index contributed by atoms with van der Waals surface area (Å²) >= 11 is 0. The van der Waals surface area contributed by atoms with Crippen LogP contribution in [0.15, 0.2) is 0 Å². The largest absolute Gasteiger partial charge is 0.495 e. The number of hydrogen-bond donors (Lipinski definition) is 0. The highest BCUT2D eigenvalue weighted by Crippen LogP contribution is 2.06. The van der Waals surface area contributed by atoms with Crippen molar-refractivity contribution >= 4 is 15.3 Å². The van der Waals surface area contributed by atoms with Crippen molar-refractivity contribution in [2.75, 3.05) is 13.7 Å². The third kappa shape index (κ3) is 7.95. The van der Waals surface area contributed by atoms with Crippen LogP contribution in [-0.2, 0) is 18.4 Å². The maximum atomic E-state index is 11.1. The van der Waals surface area contributed by atoms with Gasteiger partial charge in [0.15, 0.2) is 0 Å². The lowest BCUT2D eigenvalue weighted by Crippen LogP contribution is -2.28. The first-order valence-corrected chi connectivity index (χ1v) is 6.31. The zero-order valence-electron chi connectivity index (χ0n) is 8.92. The predicted octanol–water partition coefficient (Wildman–Crippen LogP) is 0.841. The van der Waals surface area contributed by atoms with Crippen molar-refractivity contribution in [1.29, 1.82) is 0 Å². The van der Waals surface area contributed by atoms with Crippen molar-refractivity contribution in [1.82, 2.24) is 0 Å². The minimum Gasteiger partial charge on any atom is -0.495 e. The molecule has 1 unspecified atom stereocenters. The lowest BCUT2D eigenvalue weighted by Gasteiger charge is -2.19. The van der Waals surface area contributed by atoms with Gasteiger partial charge in [0.05, 0.1) is 5.60 Å². The van der Waals surface area contributed by atoms with Gasteiger partial charge in [-0.15, -0.1) is 0 Å². The van der Waals surface area contributed by atoms with Gasteiger partial charge in [0.25, 0.3) is 0 Å². The molecule has 0 fully saturated rings. The number of carbonyl (C=O) groups is 1. The first-order valence-electron chi connectivity index (χ1n) is 4.21. The Labute approximate surface area is 81.0 Å². The van der Waals surface area contributed by atoms with Crippen LogP contribution < -0.4 is 0 Å². The summed E-state index contributed by atoms with van der Waals surface area (Å²) in [6.45, 7) is 7.44. The molecule has 0 aromatic heterocycles. The van der Waals surface area contributed by atoms with E-state index in [1.807, 2.05) is 20.8 Å². The zero-order valence-corrected chi connectivity index (χ0v) is 10.1. The number of ether oxygens (including phenoxy) is 1. The summed E-state index contributed by atoms with van der Waals surface area (Å²) in [4.78, 5) is 11.1. The number of carbonyl (C=O) groups excluding carboxylic acids is 1. The average molecular weight is 206 g/mol. The molecule has 0 aromatic rings. The van der Waals surface area contributed by atoms with Gasteiger partial charge < -0.3 is 13.6 Å². The molecule has 0 aliphatic carbocycles. The molecule has 0 spiro atoms. The van der Waals surface area contributed by atoms with Gasteiger partial charge >= 0.3 is 15.3 Å². The lowest BCUT2D eigenvalue weighted by molar-refractivity contribution is -0.145. The van der Waals surface area contributed by atoms with Gasteiger partial charge in [-0.05, 0) is 27.3 Å². The molecule has 0 rings (SSSR count). The van der Waals surface area contributed by atoms with E-state index in [0.29, 0.717) is 0 Å². The first-order chi connectivity index (χ1) is 5.85. The molecule has 0 saturated carbocycles. The Balaban J connectivity index is 3.64. The van der Waals surface area contributed by atoms with E-state index in [2.05, 4.69) is 0 Å². The molecule has 5 heteroatoms. The summed E-state index contributed by atoms with van der Waals surface area (Å²) < 4.78 is 15.1. The SMILES string of the molecule is CO[SiH](C)OC(=O)COC(C)(C)C. The van der Waals surface area contributed by atoms with Gasteiger partial charge in [0.1, 0.15) is 6.61 Å². The van der Waals surface area contributed by atoms with E-state index >= 15 is 0 Å². The molecule has 0 aliphatic heterocycles. The first kappa shape index (κ1) is 12.6. The van der Waals surface area contributed by atoms with Gasteiger partial charge in [0, 0.05) is 7.11 Å². The highest BCUT2D eigenvalue weighted by atomic mass is 28.3. The van der Waals surface area contributed by atoms with Gasteiger partial charge in [-0.25, -0.2) is 0 Å². The second-order valence-corrected chi connectivity index (χ2v) is 5.54. The van der Waals surface area contributed by atoms with Crippen molar-refractivity contribution in [3.63, 3.8) is 0 Å². The fraction of sp³-hybridized carbons (Fsp3) is 0.875. The van der Waals surface area contributed by atoms with Crippen molar-refractivity contribution in [3.05, 3.63) is 0 Å². The van der Waals surface area contributed by atoms with E-state index in [1.165, 1.54) is 7.11 Å². The molecule has 78 valence electrons. The summed E-state index contributed by atoms with van der Waals surface area (Å²) in [5.41, 5.74) is -0.309. The smallest absolute Gasteiger partial charge is 0.382 e. The third-order valence-electron chi connectivity index (χ3n) is 1.25. The molecule has 0 amide bonds. The Hall–Kier alpha value is -0.393. The van der Waals surface area contributed by atoms with Gasteiger partial charge in [0.2, 0.25) is 0 Å². The lowest BCUT2D eigenvalue weighted by atomic mass is 10.2. The summed E-state index contributed by atoms with van der Waals surface area (Å²) in [6.07, 6.45) is 0. The maximum absolute atomic E-state index is 11.1. The van der Waals surface area contributed by atoms with Crippen molar-refractivity contribution in [3.8, 4) is 0 Å². The van der Waals surface area contributed by atoms with E-state index in [0.717, 1.165) is 0 Å². The monoisotopic (exact) mass is 206 g/mol. The third-order valence-corrected chi connectivity index (χ3v) is 2.51. The summed E-state index contributed by atoms with van der Waals surface area (Å²) in [5, 5.41) is 0. The molecule has 0 bridgehead atoms. The quantitative estimate of drug-likeness (QED) is 0.639. The van der Waals surface area contributed by atoms with Crippen LogP contribution in [0, 0.1) is 0 Å². The average Bonchev–Trinajstić information content (AvgIpc) is 1.99. The zero-order chi connectivity index (χ0) is 10.5. The molecule has 0 saturated heterocycles. The molecule has 4 nitrogen and oxygen atoms in total. The molecule has 0 heterocycles. The van der Waals surface area contributed by atoms with Crippen LogP contribution in [0.4, 0.5) is 0 Å². The topological polar surface area (TPSA) is 44.8 Å². The maximum Gasteiger partial charge on any atom is 0.382 e. The second-order valence-electron chi connectivity index (χ2n) is 3.69. The minimum absolute atomic E-state index is 0.00972. The highest BCUT2D eigenvalue weighted by molar-refractivity contribution is 6.44. The molecule has 1 atom stereocenters. The molecule has 0 aliphatic rings. The van der Waals surface area contributed by atoms with Gasteiger partial charge in [-0.1, -0.05) is 0 Å². The van der Waals surface area contributed by atoms with Crippen LogP contribution >= 0.6 is 0 Å². The molecular formula is C8H18O4Si. The standard InChI is InChI=1S/C8H18O4Si/c1-8(2,3)11-6-7(9)12-13(5)10-4/h13H,6H2,1-5H3. The fourth-order valence-corrected chi connectivity index (χ4v) is 1.08. The molecule has 0 N–H and O–H groups in total. The van der Waals surface area contributed by atoms with E-state index in [4.69, 9.17) is 13.6 Å². The van der Waals surface area contributed by atoms with Crippen molar-refractivity contribution in [2.24, 2.45) is 0 Å². The summed E-state index contributed by atoms with van der Waals surface area (Å²) in [7, 11) is -0.218. The van der Waals surface area contributed by atoms with Crippen LogP contribution in [0.5, 0.6) is 0 Å². The molecule has 13 heavy (non-hydrogen) atoms. The number of rotatable bonds is 4. The van der Waals surface area contributed by atoms with E-state index in [-0.39, 0.29) is 18.2 Å². The Morgan fingerprint density at radius 2 is 1.92 bits per heavy atom. The van der Waals surface area contributed by atoms with Crippen LogP contribution in [0.3, 0.4) is 0 Å². The molecule has 0 aromatic carbocycles. The highest BCUT2D eigenvalue weighted by Gasteiger charge is 2.15. The van der Waals surface area contributed by atoms with E-state index < -0.39 is 9.28 Å². The Kier molecular flexibility index (Phi) is 5.20. The Morgan fingerprint density at radius 1 is 1.38 bits per heavy atom. The fourth-order valence-electron chi connectivity index (χ4n) is 0.543. The predicted molar refractivity (Wildman–Crippen MR) is 51.8 cm³/mol.